The van der Waals surface area contributed by atoms with E-state index >= 15 is 0 Å². The Morgan fingerprint density at radius 1 is 1.33 bits per heavy atom. The first kappa shape index (κ1) is 10.0. The van der Waals surface area contributed by atoms with Crippen molar-refractivity contribution in [2.24, 2.45) is 5.92 Å². The van der Waals surface area contributed by atoms with Crippen molar-refractivity contribution < 1.29 is 0 Å². The monoisotopic (exact) mass is 170 g/mol. The van der Waals surface area contributed by atoms with Crippen molar-refractivity contribution in [2.45, 2.75) is 39.3 Å². The molecule has 0 bridgehead atoms. The Morgan fingerprint density at radius 2 is 2.00 bits per heavy atom. The first-order valence-electron chi connectivity index (χ1n) is 5.04. The van der Waals surface area contributed by atoms with Gasteiger partial charge < -0.3 is 10.2 Å². The summed E-state index contributed by atoms with van der Waals surface area (Å²) in [6.07, 6.45) is 1.31. The van der Waals surface area contributed by atoms with Gasteiger partial charge in [0.15, 0.2) is 0 Å². The number of hydrogen-bond donors (Lipinski definition) is 1. The molecule has 1 fully saturated rings. The van der Waals surface area contributed by atoms with E-state index in [0.717, 1.165) is 12.0 Å². The summed E-state index contributed by atoms with van der Waals surface area (Å²) in [5, 5.41) is 3.67. The molecule has 0 aromatic heterocycles. The fraction of sp³-hybridized carbons (Fsp3) is 1.00. The smallest absolute Gasteiger partial charge is 0.0209 e. The minimum Gasteiger partial charge on any atom is -0.310 e. The predicted octanol–water partition coefficient (Wildman–Crippen LogP) is 1.32. The fourth-order valence-corrected chi connectivity index (χ4v) is 1.64. The van der Waals surface area contributed by atoms with Crippen molar-refractivity contribution >= 4 is 0 Å². The van der Waals surface area contributed by atoms with Crippen LogP contribution in [0.15, 0.2) is 0 Å². The third-order valence-electron chi connectivity index (χ3n) is 2.89. The maximum Gasteiger partial charge on any atom is 0.0209 e. The molecule has 0 aromatic carbocycles. The summed E-state index contributed by atoms with van der Waals surface area (Å²) in [6, 6.07) is 1.38. The minimum atomic E-state index is 0.654. The van der Waals surface area contributed by atoms with Gasteiger partial charge in [0.1, 0.15) is 0 Å². The Kier molecular flexibility index (Phi) is 3.53. The van der Waals surface area contributed by atoms with Crippen LogP contribution in [0.4, 0.5) is 0 Å². The molecule has 1 rings (SSSR count). The molecule has 1 heterocycles. The lowest BCUT2D eigenvalue weighted by Gasteiger charge is -2.22. The van der Waals surface area contributed by atoms with Crippen molar-refractivity contribution in [2.75, 3.05) is 20.1 Å². The van der Waals surface area contributed by atoms with Gasteiger partial charge in [0.2, 0.25) is 0 Å². The highest BCUT2D eigenvalue weighted by Crippen LogP contribution is 2.09. The maximum absolute atomic E-state index is 3.67. The first-order valence-corrected chi connectivity index (χ1v) is 5.04. The Bertz CT molecular complexity index is 134. The van der Waals surface area contributed by atoms with Crippen LogP contribution >= 0.6 is 0 Å². The molecule has 1 saturated heterocycles. The second-order valence-electron chi connectivity index (χ2n) is 4.45. The van der Waals surface area contributed by atoms with Crippen LogP contribution in [0.3, 0.4) is 0 Å². The highest BCUT2D eigenvalue weighted by molar-refractivity contribution is 4.81. The van der Waals surface area contributed by atoms with Gasteiger partial charge in [-0.25, -0.2) is 0 Å². The molecule has 1 N–H and O–H groups in total. The van der Waals surface area contributed by atoms with E-state index in [1.165, 1.54) is 19.5 Å². The lowest BCUT2D eigenvalue weighted by molar-refractivity contribution is 0.353. The molecular formula is C10H22N2. The number of nitrogens with one attached hydrogen (secondary N) is 1. The Hall–Kier alpha value is -0.0800. The van der Waals surface area contributed by atoms with Crippen LogP contribution in [0.2, 0.25) is 0 Å². The summed E-state index contributed by atoms with van der Waals surface area (Å²) < 4.78 is 0. The second-order valence-corrected chi connectivity index (χ2v) is 4.45. The molecule has 0 radical (unpaired) electrons. The second kappa shape index (κ2) is 4.24. The van der Waals surface area contributed by atoms with Crippen LogP contribution in [0.25, 0.3) is 0 Å². The molecule has 0 saturated carbocycles. The van der Waals surface area contributed by atoms with Gasteiger partial charge >= 0.3 is 0 Å². The number of rotatable bonds is 3. The Morgan fingerprint density at radius 3 is 2.42 bits per heavy atom. The molecule has 0 aliphatic carbocycles. The van der Waals surface area contributed by atoms with Crippen molar-refractivity contribution in [3.05, 3.63) is 0 Å². The predicted molar refractivity (Wildman–Crippen MR) is 53.3 cm³/mol. The quantitative estimate of drug-likeness (QED) is 0.687. The molecule has 1 aliphatic rings. The van der Waals surface area contributed by atoms with E-state index in [4.69, 9.17) is 0 Å². The first-order chi connectivity index (χ1) is 5.59. The SMILES string of the molecule is CC(C)[C@@H](C)N[C@@H]1CCN(C)C1. The molecule has 72 valence electrons. The maximum atomic E-state index is 3.67. The van der Waals surface area contributed by atoms with Crippen molar-refractivity contribution in [1.29, 1.82) is 0 Å². The van der Waals surface area contributed by atoms with Gasteiger partial charge in [0.05, 0.1) is 0 Å². The lowest BCUT2D eigenvalue weighted by Crippen LogP contribution is -2.40. The molecule has 0 amide bonds. The number of likely N-dealkylation sites (N-methyl/N-ethyl adjacent to an activating group) is 1. The summed E-state index contributed by atoms with van der Waals surface area (Å²) in [5.41, 5.74) is 0. The summed E-state index contributed by atoms with van der Waals surface area (Å²) in [5.74, 6) is 0.746. The molecule has 0 unspecified atom stereocenters. The van der Waals surface area contributed by atoms with Gasteiger partial charge in [-0.3, -0.25) is 0 Å². The molecule has 2 nitrogen and oxygen atoms in total. The van der Waals surface area contributed by atoms with Crippen LogP contribution < -0.4 is 5.32 Å². The third-order valence-corrected chi connectivity index (χ3v) is 2.89. The summed E-state index contributed by atoms with van der Waals surface area (Å²) >= 11 is 0. The van der Waals surface area contributed by atoms with E-state index < -0.39 is 0 Å². The van der Waals surface area contributed by atoms with E-state index in [1.807, 2.05) is 0 Å². The fourth-order valence-electron chi connectivity index (χ4n) is 1.64. The zero-order valence-corrected chi connectivity index (χ0v) is 8.80. The van der Waals surface area contributed by atoms with Crippen LogP contribution in [-0.4, -0.2) is 37.1 Å². The normalized spacial score (nSPS) is 28.2. The highest BCUT2D eigenvalue weighted by Gasteiger charge is 2.21. The van der Waals surface area contributed by atoms with Gasteiger partial charge in [-0.05, 0) is 32.9 Å². The minimum absolute atomic E-state index is 0.654. The van der Waals surface area contributed by atoms with Crippen LogP contribution in [0.5, 0.6) is 0 Å². The largest absolute Gasteiger partial charge is 0.310 e. The standard InChI is InChI=1S/C10H22N2/c1-8(2)9(3)11-10-5-6-12(4)7-10/h8-11H,5-7H2,1-4H3/t9-,10-/m1/s1. The van der Waals surface area contributed by atoms with E-state index in [1.54, 1.807) is 0 Å². The number of likely N-dealkylation sites (tertiary alicyclic amines) is 1. The molecule has 2 heteroatoms. The lowest BCUT2D eigenvalue weighted by atomic mass is 10.1. The van der Waals surface area contributed by atoms with Crippen LogP contribution in [0, 0.1) is 5.92 Å². The van der Waals surface area contributed by atoms with Crippen molar-refractivity contribution in [3.63, 3.8) is 0 Å². The van der Waals surface area contributed by atoms with Gasteiger partial charge in [0.25, 0.3) is 0 Å². The number of hydrogen-bond acceptors (Lipinski definition) is 2. The van der Waals surface area contributed by atoms with Crippen molar-refractivity contribution in [1.82, 2.24) is 10.2 Å². The summed E-state index contributed by atoms with van der Waals surface area (Å²) in [6.45, 7) is 9.30. The molecule has 2 atom stereocenters. The average molecular weight is 170 g/mol. The van der Waals surface area contributed by atoms with Gasteiger partial charge in [0, 0.05) is 18.6 Å². The molecule has 0 spiro atoms. The van der Waals surface area contributed by atoms with E-state index in [0.29, 0.717) is 6.04 Å². The highest BCUT2D eigenvalue weighted by atomic mass is 15.2. The van der Waals surface area contributed by atoms with Gasteiger partial charge in [-0.2, -0.15) is 0 Å². The summed E-state index contributed by atoms with van der Waals surface area (Å²) in [7, 11) is 2.20. The number of nitrogens with zero attached hydrogens (tertiary/aromatic N) is 1. The van der Waals surface area contributed by atoms with E-state index in [9.17, 15) is 0 Å². The van der Waals surface area contributed by atoms with E-state index in [2.05, 4.69) is 38.0 Å². The molecule has 12 heavy (non-hydrogen) atoms. The zero-order valence-electron chi connectivity index (χ0n) is 8.80. The zero-order chi connectivity index (χ0) is 9.14. The van der Waals surface area contributed by atoms with Crippen LogP contribution in [0.1, 0.15) is 27.2 Å². The van der Waals surface area contributed by atoms with E-state index in [-0.39, 0.29) is 0 Å². The van der Waals surface area contributed by atoms with Gasteiger partial charge in [-0.1, -0.05) is 13.8 Å². The Labute approximate surface area is 76.3 Å². The van der Waals surface area contributed by atoms with Crippen molar-refractivity contribution in [3.8, 4) is 0 Å². The topological polar surface area (TPSA) is 15.3 Å². The summed E-state index contributed by atoms with van der Waals surface area (Å²) in [4.78, 5) is 2.39. The molecule has 0 aromatic rings. The molecular weight excluding hydrogens is 148 g/mol. The third kappa shape index (κ3) is 2.76. The average Bonchev–Trinajstić information content (AvgIpc) is 2.35. The van der Waals surface area contributed by atoms with Crippen LogP contribution in [-0.2, 0) is 0 Å². The molecule has 1 aliphatic heterocycles. The Balaban J connectivity index is 2.23. The van der Waals surface area contributed by atoms with Gasteiger partial charge in [-0.15, -0.1) is 0 Å².